The van der Waals surface area contributed by atoms with Crippen LogP contribution in [0.25, 0.3) is 0 Å². The standard InChI is InChI=1S/C9H16O2/c1-4-6-8(5-2)7-9(10)11-3/h7H,4-6H2,1-3H3/b8-7+. The van der Waals surface area contributed by atoms with Gasteiger partial charge in [-0.3, -0.25) is 0 Å². The molecule has 64 valence electrons. The van der Waals surface area contributed by atoms with Crippen LogP contribution in [0.2, 0.25) is 0 Å². The zero-order chi connectivity index (χ0) is 8.69. The zero-order valence-corrected chi connectivity index (χ0v) is 7.52. The van der Waals surface area contributed by atoms with Crippen molar-refractivity contribution in [2.75, 3.05) is 7.11 Å². The summed E-state index contributed by atoms with van der Waals surface area (Å²) in [6.45, 7) is 4.14. The molecule has 0 bridgehead atoms. The van der Waals surface area contributed by atoms with Crippen molar-refractivity contribution in [1.82, 2.24) is 0 Å². The summed E-state index contributed by atoms with van der Waals surface area (Å²) in [6.07, 6.45) is 4.59. The average molecular weight is 156 g/mol. The summed E-state index contributed by atoms with van der Waals surface area (Å²) in [7, 11) is 1.40. The first-order valence-corrected chi connectivity index (χ1v) is 4.02. The van der Waals surface area contributed by atoms with E-state index in [0.717, 1.165) is 19.3 Å². The fourth-order valence-corrected chi connectivity index (χ4v) is 0.898. The molecule has 0 unspecified atom stereocenters. The van der Waals surface area contributed by atoms with Gasteiger partial charge >= 0.3 is 5.97 Å². The Kier molecular flexibility index (Phi) is 5.53. The lowest BCUT2D eigenvalue weighted by molar-refractivity contribution is -0.134. The Hall–Kier alpha value is -0.790. The fourth-order valence-electron chi connectivity index (χ4n) is 0.898. The van der Waals surface area contributed by atoms with Gasteiger partial charge in [0.2, 0.25) is 0 Å². The van der Waals surface area contributed by atoms with E-state index in [9.17, 15) is 4.79 Å². The molecule has 0 spiro atoms. The van der Waals surface area contributed by atoms with Crippen molar-refractivity contribution >= 4 is 5.97 Å². The predicted molar refractivity (Wildman–Crippen MR) is 45.3 cm³/mol. The first-order chi connectivity index (χ1) is 5.24. The minimum absolute atomic E-state index is 0.240. The summed E-state index contributed by atoms with van der Waals surface area (Å²) < 4.78 is 4.51. The maximum absolute atomic E-state index is 10.8. The van der Waals surface area contributed by atoms with Crippen molar-refractivity contribution < 1.29 is 9.53 Å². The summed E-state index contributed by atoms with van der Waals surface area (Å²) in [5, 5.41) is 0. The van der Waals surface area contributed by atoms with Crippen LogP contribution in [0.3, 0.4) is 0 Å². The van der Waals surface area contributed by atoms with E-state index in [1.807, 2.05) is 6.92 Å². The molecule has 0 aliphatic heterocycles. The van der Waals surface area contributed by atoms with Crippen LogP contribution >= 0.6 is 0 Å². The van der Waals surface area contributed by atoms with Crippen LogP contribution in [-0.2, 0) is 9.53 Å². The number of hydrogen-bond donors (Lipinski definition) is 0. The predicted octanol–water partition coefficient (Wildman–Crippen LogP) is 2.30. The molecule has 0 saturated heterocycles. The molecule has 11 heavy (non-hydrogen) atoms. The number of methoxy groups -OCH3 is 1. The molecule has 2 nitrogen and oxygen atoms in total. The van der Waals surface area contributed by atoms with Gasteiger partial charge in [-0.2, -0.15) is 0 Å². The number of carbonyl (C=O) groups is 1. The monoisotopic (exact) mass is 156 g/mol. The van der Waals surface area contributed by atoms with Gasteiger partial charge in [-0.05, 0) is 12.8 Å². The maximum atomic E-state index is 10.8. The van der Waals surface area contributed by atoms with Crippen LogP contribution in [0.15, 0.2) is 11.6 Å². The lowest BCUT2D eigenvalue weighted by atomic mass is 10.1. The first kappa shape index (κ1) is 10.2. The Bertz CT molecular complexity index is 148. The summed E-state index contributed by atoms with van der Waals surface area (Å²) in [5.41, 5.74) is 1.17. The molecule has 0 aromatic heterocycles. The molecule has 0 radical (unpaired) electrons. The number of carbonyl (C=O) groups excluding carboxylic acids is 1. The molecule has 0 atom stereocenters. The Balaban J connectivity index is 3.99. The molecular formula is C9H16O2. The Labute approximate surface area is 68.2 Å². The molecule has 0 heterocycles. The minimum Gasteiger partial charge on any atom is -0.466 e. The van der Waals surface area contributed by atoms with Gasteiger partial charge < -0.3 is 4.74 Å². The molecule has 2 heteroatoms. The lowest BCUT2D eigenvalue weighted by Gasteiger charge is -2.00. The SMILES string of the molecule is CCC/C(=C/C(=O)OC)CC. The fraction of sp³-hybridized carbons (Fsp3) is 0.667. The summed E-state index contributed by atoms with van der Waals surface area (Å²) >= 11 is 0. The van der Waals surface area contributed by atoms with Gasteiger partial charge in [-0.25, -0.2) is 4.79 Å². The smallest absolute Gasteiger partial charge is 0.330 e. The van der Waals surface area contributed by atoms with Gasteiger partial charge in [0.15, 0.2) is 0 Å². The Morgan fingerprint density at radius 1 is 1.45 bits per heavy atom. The number of ether oxygens (including phenoxy) is 1. The van der Waals surface area contributed by atoms with E-state index in [0.29, 0.717) is 0 Å². The van der Waals surface area contributed by atoms with Gasteiger partial charge in [0.1, 0.15) is 0 Å². The summed E-state index contributed by atoms with van der Waals surface area (Å²) in [6, 6.07) is 0. The van der Waals surface area contributed by atoms with Crippen LogP contribution in [0, 0.1) is 0 Å². The number of hydrogen-bond acceptors (Lipinski definition) is 2. The van der Waals surface area contributed by atoms with Crippen LogP contribution < -0.4 is 0 Å². The van der Waals surface area contributed by atoms with Crippen molar-refractivity contribution in [1.29, 1.82) is 0 Å². The van der Waals surface area contributed by atoms with Gasteiger partial charge in [0, 0.05) is 6.08 Å². The van der Waals surface area contributed by atoms with Crippen molar-refractivity contribution in [3.63, 3.8) is 0 Å². The third-order valence-corrected chi connectivity index (χ3v) is 1.55. The summed E-state index contributed by atoms with van der Waals surface area (Å²) in [4.78, 5) is 10.8. The largest absolute Gasteiger partial charge is 0.466 e. The minimum atomic E-state index is -0.240. The van der Waals surface area contributed by atoms with E-state index in [1.165, 1.54) is 12.7 Å². The molecule has 0 aromatic rings. The highest BCUT2D eigenvalue weighted by Gasteiger charge is 1.97. The third kappa shape index (κ3) is 4.59. The number of esters is 1. The van der Waals surface area contributed by atoms with Crippen LogP contribution in [-0.4, -0.2) is 13.1 Å². The molecule has 0 fully saturated rings. The molecule has 0 amide bonds. The topological polar surface area (TPSA) is 26.3 Å². The van der Waals surface area contributed by atoms with Crippen molar-refractivity contribution in [2.45, 2.75) is 33.1 Å². The second kappa shape index (κ2) is 5.96. The second-order valence-corrected chi connectivity index (χ2v) is 2.43. The van der Waals surface area contributed by atoms with Gasteiger partial charge in [-0.15, -0.1) is 0 Å². The van der Waals surface area contributed by atoms with E-state index >= 15 is 0 Å². The summed E-state index contributed by atoms with van der Waals surface area (Å²) in [5.74, 6) is -0.240. The Morgan fingerprint density at radius 3 is 2.45 bits per heavy atom. The van der Waals surface area contributed by atoms with E-state index < -0.39 is 0 Å². The molecule has 0 aliphatic carbocycles. The van der Waals surface area contributed by atoms with Crippen LogP contribution in [0.4, 0.5) is 0 Å². The molecule has 0 saturated carbocycles. The number of rotatable bonds is 4. The highest BCUT2D eigenvalue weighted by atomic mass is 16.5. The van der Waals surface area contributed by atoms with Crippen molar-refractivity contribution in [3.05, 3.63) is 11.6 Å². The van der Waals surface area contributed by atoms with Gasteiger partial charge in [0.25, 0.3) is 0 Å². The molecular weight excluding hydrogens is 140 g/mol. The van der Waals surface area contributed by atoms with Crippen molar-refractivity contribution in [3.8, 4) is 0 Å². The zero-order valence-electron chi connectivity index (χ0n) is 7.52. The first-order valence-electron chi connectivity index (χ1n) is 4.02. The highest BCUT2D eigenvalue weighted by Crippen LogP contribution is 2.08. The maximum Gasteiger partial charge on any atom is 0.330 e. The van der Waals surface area contributed by atoms with E-state index in [2.05, 4.69) is 11.7 Å². The second-order valence-electron chi connectivity index (χ2n) is 2.43. The van der Waals surface area contributed by atoms with Crippen molar-refractivity contribution in [2.24, 2.45) is 0 Å². The average Bonchev–Trinajstić information content (AvgIpc) is 2.03. The molecule has 0 aromatic carbocycles. The molecule has 0 rings (SSSR count). The quantitative estimate of drug-likeness (QED) is 0.461. The normalized spacial score (nSPS) is 11.4. The van der Waals surface area contributed by atoms with E-state index in [-0.39, 0.29) is 5.97 Å². The number of allylic oxidation sites excluding steroid dienone is 1. The highest BCUT2D eigenvalue weighted by molar-refractivity contribution is 5.82. The Morgan fingerprint density at radius 2 is 2.09 bits per heavy atom. The third-order valence-electron chi connectivity index (χ3n) is 1.55. The van der Waals surface area contributed by atoms with Gasteiger partial charge in [0.05, 0.1) is 7.11 Å². The van der Waals surface area contributed by atoms with Gasteiger partial charge in [-0.1, -0.05) is 25.8 Å². The molecule has 0 aliphatic rings. The molecule has 0 N–H and O–H groups in total. The van der Waals surface area contributed by atoms with E-state index in [4.69, 9.17) is 0 Å². The van der Waals surface area contributed by atoms with E-state index in [1.54, 1.807) is 6.08 Å². The lowest BCUT2D eigenvalue weighted by Crippen LogP contribution is -1.96. The van der Waals surface area contributed by atoms with Crippen LogP contribution in [0.1, 0.15) is 33.1 Å². The van der Waals surface area contributed by atoms with Crippen LogP contribution in [0.5, 0.6) is 0 Å².